The molecule has 0 aromatic heterocycles. The van der Waals surface area contributed by atoms with Gasteiger partial charge in [-0.2, -0.15) is 26.5 Å². The van der Waals surface area contributed by atoms with Crippen LogP contribution in [-0.4, -0.2) is 58.2 Å². The molecule has 0 aliphatic rings. The van der Waals surface area contributed by atoms with Gasteiger partial charge in [-0.3, -0.25) is 4.55 Å². The highest BCUT2D eigenvalue weighted by Gasteiger charge is 2.48. The molecule has 5 nitrogen and oxygen atoms in total. The second kappa shape index (κ2) is 19.2. The molecule has 0 fully saturated rings. The van der Waals surface area contributed by atoms with Crippen molar-refractivity contribution in [3.05, 3.63) is 0 Å². The van der Waals surface area contributed by atoms with Gasteiger partial charge in [-0.15, -0.1) is 0 Å². The number of ether oxygens (including phenoxy) is 1. The Morgan fingerprint density at radius 3 is 1.11 bits per heavy atom. The minimum atomic E-state index is -5.17. The molecule has 0 bridgehead atoms. The summed E-state index contributed by atoms with van der Waals surface area (Å²) in [6.45, 7) is -6.08. The highest BCUT2D eigenvalue weighted by Crippen LogP contribution is 2.32. The first-order valence-corrected chi connectivity index (χ1v) is 7.02. The van der Waals surface area contributed by atoms with E-state index in [2.05, 4.69) is 9.68 Å². The molecule has 178 valence electrons. The molecular formula is C9H15F13O5S. The van der Waals surface area contributed by atoms with Crippen molar-refractivity contribution in [2.75, 3.05) is 27.3 Å². The molecule has 0 aliphatic heterocycles. The average Bonchev–Trinajstić information content (AvgIpc) is 2.45. The van der Waals surface area contributed by atoms with E-state index in [1.54, 1.807) is 0 Å². The van der Waals surface area contributed by atoms with Gasteiger partial charge in [0, 0.05) is 13.8 Å². The van der Waals surface area contributed by atoms with Crippen LogP contribution in [0, 0.1) is 0 Å². The predicted octanol–water partition coefficient (Wildman–Crippen LogP) is 5.25. The van der Waals surface area contributed by atoms with Gasteiger partial charge in [0.25, 0.3) is 5.85 Å². The molecular weight excluding hydrogens is 467 g/mol. The van der Waals surface area contributed by atoms with Crippen LogP contribution in [0.2, 0.25) is 0 Å². The summed E-state index contributed by atoms with van der Waals surface area (Å²) >= 11 is 0. The molecule has 0 aromatic rings. The molecule has 0 heterocycles. The van der Waals surface area contributed by atoms with Crippen LogP contribution in [0.25, 0.3) is 0 Å². The van der Waals surface area contributed by atoms with Crippen LogP contribution in [0.15, 0.2) is 0 Å². The van der Waals surface area contributed by atoms with Crippen LogP contribution in [0.3, 0.4) is 0 Å². The summed E-state index contributed by atoms with van der Waals surface area (Å²) in [6, 6.07) is 0. The summed E-state index contributed by atoms with van der Waals surface area (Å²) in [7, 11) is -5.17. The van der Waals surface area contributed by atoms with Gasteiger partial charge in [0.2, 0.25) is 13.8 Å². The van der Waals surface area contributed by atoms with Gasteiger partial charge in [-0.1, -0.05) is 3.89 Å². The Bertz CT molecular complexity index is 400. The van der Waals surface area contributed by atoms with E-state index in [1.807, 2.05) is 0 Å². The topological polar surface area (TPSA) is 72.8 Å². The van der Waals surface area contributed by atoms with Gasteiger partial charge in [0.1, 0.15) is 0 Å². The lowest BCUT2D eigenvalue weighted by molar-refractivity contribution is -0.272. The third-order valence-electron chi connectivity index (χ3n) is 1.30. The normalized spacial score (nSPS) is 13.0. The maximum absolute atomic E-state index is 12.4. The molecule has 28 heavy (non-hydrogen) atoms. The van der Waals surface area contributed by atoms with E-state index in [4.69, 9.17) is 13.0 Å². The quantitative estimate of drug-likeness (QED) is 0.337. The summed E-state index contributed by atoms with van der Waals surface area (Å²) in [5.74, 6) is -6.90. The Balaban J connectivity index is -0.0000000848. The first kappa shape index (κ1) is 37.6. The van der Waals surface area contributed by atoms with Crippen LogP contribution >= 0.6 is 0 Å². The number of rotatable bonds is 4. The Morgan fingerprint density at radius 1 is 0.857 bits per heavy atom. The van der Waals surface area contributed by atoms with Crippen LogP contribution in [0.1, 0.15) is 13.8 Å². The van der Waals surface area contributed by atoms with Crippen molar-refractivity contribution in [3.63, 3.8) is 0 Å². The monoisotopic (exact) mass is 482 g/mol. The lowest BCUT2D eigenvalue weighted by atomic mass is 10.2. The molecule has 1 unspecified atom stereocenters. The fraction of sp³-hybridized carbons (Fsp3) is 1.00. The first-order chi connectivity index (χ1) is 12.2. The van der Waals surface area contributed by atoms with Crippen LogP contribution in [-0.2, 0) is 20.2 Å². The van der Waals surface area contributed by atoms with Crippen LogP contribution in [0.4, 0.5) is 56.7 Å². The first-order valence-electron chi connectivity index (χ1n) is 5.68. The highest BCUT2D eigenvalue weighted by molar-refractivity contribution is 7.80. The number of hydrogen-bond donors (Lipinski definition) is 1. The zero-order chi connectivity index (χ0) is 24.2. The highest BCUT2D eigenvalue weighted by atomic mass is 32.3. The summed E-state index contributed by atoms with van der Waals surface area (Å²) in [6.07, 6.45) is -4.62. The van der Waals surface area contributed by atoms with Crippen molar-refractivity contribution in [1.82, 2.24) is 0 Å². The lowest BCUT2D eigenvalue weighted by Crippen LogP contribution is -2.41. The SMILES string of the molecule is CC(F)(F)C(C)(F)OCF.FCC(F)(F)F.FCF.FCOF.O=S(=O)(O)F. The van der Waals surface area contributed by atoms with Gasteiger partial charge >= 0.3 is 22.6 Å². The van der Waals surface area contributed by atoms with Crippen molar-refractivity contribution >= 4 is 10.5 Å². The molecule has 0 rings (SSSR count). The van der Waals surface area contributed by atoms with E-state index in [0.717, 1.165) is 0 Å². The van der Waals surface area contributed by atoms with Crippen LogP contribution in [0.5, 0.6) is 0 Å². The van der Waals surface area contributed by atoms with Gasteiger partial charge in [-0.25, -0.2) is 35.1 Å². The molecule has 1 N–H and O–H groups in total. The smallest absolute Gasteiger partial charge is 0.309 e. The van der Waals surface area contributed by atoms with Crippen molar-refractivity contribution < 1.29 is 79.4 Å². The van der Waals surface area contributed by atoms with E-state index in [0.29, 0.717) is 13.8 Å². The van der Waals surface area contributed by atoms with Gasteiger partial charge in [-0.05, 0) is 4.53 Å². The van der Waals surface area contributed by atoms with Gasteiger partial charge in [0.05, 0.1) is 0 Å². The summed E-state index contributed by atoms with van der Waals surface area (Å²) in [5, 5.41) is 0. The average molecular weight is 482 g/mol. The van der Waals surface area contributed by atoms with E-state index < -0.39 is 55.8 Å². The summed E-state index contributed by atoms with van der Waals surface area (Å²) < 4.78 is 166. The summed E-state index contributed by atoms with van der Waals surface area (Å²) in [4.78, 5) is 2.38. The van der Waals surface area contributed by atoms with Crippen molar-refractivity contribution in [2.45, 2.75) is 31.8 Å². The molecule has 0 radical (unpaired) electrons. The van der Waals surface area contributed by atoms with Gasteiger partial charge in [0.15, 0.2) is 13.5 Å². The number of hydrogen-bond acceptors (Lipinski definition) is 4. The second-order valence-electron chi connectivity index (χ2n) is 3.54. The standard InChI is InChI=1S/C5H8F4O.C2H2F4.CH2F2O.CH2F2.FHO3S/c1-4(7,8)5(2,9)10-3-6;3-1-2(4,5)6;2-1-4-3;2-1-3;1-5(2,3)4/h3H2,1-2H3;1H2;1H2;1H2;(H,2,3,4). The maximum atomic E-state index is 12.4. The third kappa shape index (κ3) is 56.3. The van der Waals surface area contributed by atoms with E-state index in [9.17, 15) is 56.7 Å². The molecule has 0 saturated carbocycles. The van der Waals surface area contributed by atoms with E-state index in [1.165, 1.54) is 0 Å². The Kier molecular flexibility index (Phi) is 25.9. The number of halogens is 13. The van der Waals surface area contributed by atoms with E-state index >= 15 is 0 Å². The maximum Gasteiger partial charge on any atom is 0.435 e. The van der Waals surface area contributed by atoms with Crippen molar-refractivity contribution in [3.8, 4) is 0 Å². The molecule has 1 atom stereocenters. The molecule has 0 aliphatic carbocycles. The Morgan fingerprint density at radius 2 is 1.07 bits per heavy atom. The largest absolute Gasteiger partial charge is 0.435 e. The minimum Gasteiger partial charge on any atom is -0.309 e. The Hall–Kier alpha value is -1.08. The van der Waals surface area contributed by atoms with Crippen molar-refractivity contribution in [1.29, 1.82) is 0 Å². The minimum absolute atomic E-state index is 0.322. The van der Waals surface area contributed by atoms with Gasteiger partial charge < -0.3 is 4.74 Å². The van der Waals surface area contributed by atoms with Crippen molar-refractivity contribution in [2.24, 2.45) is 0 Å². The zero-order valence-corrected chi connectivity index (χ0v) is 14.5. The van der Waals surface area contributed by atoms with Crippen LogP contribution < -0.4 is 0 Å². The molecule has 0 saturated heterocycles. The third-order valence-corrected chi connectivity index (χ3v) is 1.30. The lowest BCUT2D eigenvalue weighted by Gasteiger charge is -2.25. The number of alkyl halides is 11. The Labute approximate surface area is 150 Å². The van der Waals surface area contributed by atoms with E-state index in [-0.39, 0.29) is 0 Å². The molecule has 0 aromatic carbocycles. The summed E-state index contributed by atoms with van der Waals surface area (Å²) in [5.41, 5.74) is 0. The zero-order valence-electron chi connectivity index (χ0n) is 13.7. The fourth-order valence-electron chi connectivity index (χ4n) is 0.229. The predicted molar refractivity (Wildman–Crippen MR) is 67.1 cm³/mol. The molecule has 19 heteroatoms. The molecule has 0 amide bonds. The molecule has 0 spiro atoms. The fourth-order valence-corrected chi connectivity index (χ4v) is 0.229. The second-order valence-corrected chi connectivity index (χ2v) is 4.36.